The van der Waals surface area contributed by atoms with E-state index < -0.39 is 10.0 Å². The minimum absolute atomic E-state index is 0.0463. The maximum Gasteiger partial charge on any atom is 0.255 e. The Bertz CT molecular complexity index is 1940. The molecule has 1 amide bonds. The number of rotatable bonds is 10. The summed E-state index contributed by atoms with van der Waals surface area (Å²) in [5.41, 5.74) is 5.14. The third kappa shape index (κ3) is 6.67. The van der Waals surface area contributed by atoms with Gasteiger partial charge in [-0.15, -0.1) is 0 Å². The molecule has 8 nitrogen and oxygen atoms in total. The molecule has 3 atom stereocenters. The van der Waals surface area contributed by atoms with E-state index in [-0.39, 0.29) is 26.8 Å². The first-order valence-corrected chi connectivity index (χ1v) is 19.8. The highest BCUT2D eigenvalue weighted by Gasteiger charge is 2.44. The Hall–Kier alpha value is -3.24. The van der Waals surface area contributed by atoms with Gasteiger partial charge in [0.2, 0.25) is 10.0 Å². The molecule has 7 rings (SSSR count). The highest BCUT2D eigenvalue weighted by molar-refractivity contribution is 7.89. The Labute approximate surface area is 295 Å². The lowest BCUT2D eigenvalue weighted by atomic mass is 9.70. The molecule has 1 unspecified atom stereocenters. The molecular weight excluding hydrogens is 654 g/mol. The predicted octanol–water partition coefficient (Wildman–Crippen LogP) is 7.43. The van der Waals surface area contributed by atoms with Crippen LogP contribution in [-0.4, -0.2) is 71.9 Å². The van der Waals surface area contributed by atoms with Gasteiger partial charge in [-0.05, 0) is 113 Å². The quantitative estimate of drug-likeness (QED) is 0.186. The molecule has 3 aromatic carbocycles. The minimum Gasteiger partial charge on any atom is -0.339 e. The molecule has 0 saturated carbocycles. The molecule has 3 aliphatic rings. The SMILES string of the molecule is CCCNS(=O)(=O)c1ccc(Cl)c(C(=O)N2CCC(CCN3[C@@H]4CC[C@H]3CC(n3c(C)nc5ccccc53)C4)(c3cccc(C)c3)CC2)c1. The number of carbonyl (C=O) groups excluding carboxylic acids is 1. The smallest absolute Gasteiger partial charge is 0.255 e. The van der Waals surface area contributed by atoms with Crippen molar-refractivity contribution in [2.24, 2.45) is 0 Å². The lowest BCUT2D eigenvalue weighted by molar-refractivity contribution is 0.0607. The molecule has 10 heteroatoms. The van der Waals surface area contributed by atoms with Crippen LogP contribution in [0.25, 0.3) is 11.0 Å². The number of fused-ring (bicyclic) bond motifs is 3. The Balaban J connectivity index is 1.07. The monoisotopic (exact) mass is 701 g/mol. The molecule has 260 valence electrons. The number of aromatic nitrogens is 2. The Morgan fingerprint density at radius 1 is 0.959 bits per heavy atom. The van der Waals surface area contributed by atoms with Gasteiger partial charge in [0.1, 0.15) is 5.82 Å². The molecule has 3 aliphatic heterocycles. The zero-order valence-corrected chi connectivity index (χ0v) is 30.4. The first kappa shape index (κ1) is 34.2. The van der Waals surface area contributed by atoms with Gasteiger partial charge in [-0.3, -0.25) is 9.69 Å². The fourth-order valence-corrected chi connectivity index (χ4v) is 10.3. The van der Waals surface area contributed by atoms with Crippen molar-refractivity contribution in [3.8, 4) is 0 Å². The van der Waals surface area contributed by atoms with Gasteiger partial charge in [0.25, 0.3) is 5.91 Å². The van der Waals surface area contributed by atoms with Gasteiger partial charge in [-0.2, -0.15) is 0 Å². The van der Waals surface area contributed by atoms with Gasteiger partial charge in [0, 0.05) is 37.8 Å². The molecule has 0 spiro atoms. The number of hydrogen-bond acceptors (Lipinski definition) is 5. The lowest BCUT2D eigenvalue weighted by Crippen LogP contribution is -2.49. The first-order valence-electron chi connectivity index (χ1n) is 17.9. The summed E-state index contributed by atoms with van der Waals surface area (Å²) in [6.45, 7) is 8.78. The number of para-hydroxylation sites is 2. The minimum atomic E-state index is -3.72. The van der Waals surface area contributed by atoms with E-state index in [9.17, 15) is 13.2 Å². The third-order valence-electron chi connectivity index (χ3n) is 11.5. The van der Waals surface area contributed by atoms with Crippen LogP contribution in [0.5, 0.6) is 0 Å². The maximum absolute atomic E-state index is 13.9. The van der Waals surface area contributed by atoms with Crippen LogP contribution in [-0.2, 0) is 15.4 Å². The van der Waals surface area contributed by atoms with Crippen molar-refractivity contribution in [1.82, 2.24) is 24.1 Å². The van der Waals surface area contributed by atoms with Crippen LogP contribution < -0.4 is 4.72 Å². The van der Waals surface area contributed by atoms with E-state index in [0.717, 1.165) is 50.0 Å². The number of likely N-dealkylation sites (tertiary alicyclic amines) is 1. The Kier molecular flexibility index (Phi) is 9.65. The fraction of sp³-hybridized carbons (Fsp3) is 0.487. The Morgan fingerprint density at radius 3 is 2.41 bits per heavy atom. The molecule has 1 N–H and O–H groups in total. The van der Waals surface area contributed by atoms with Crippen molar-refractivity contribution >= 4 is 38.6 Å². The highest BCUT2D eigenvalue weighted by atomic mass is 35.5. The summed E-state index contributed by atoms with van der Waals surface area (Å²) in [7, 11) is -3.72. The molecule has 49 heavy (non-hydrogen) atoms. The van der Waals surface area contributed by atoms with Crippen LogP contribution >= 0.6 is 11.6 Å². The van der Waals surface area contributed by atoms with E-state index in [1.54, 1.807) is 0 Å². The number of imidazole rings is 1. The second-order valence-corrected chi connectivity index (χ2v) is 16.7. The molecule has 2 bridgehead atoms. The number of nitrogens with zero attached hydrogens (tertiary/aromatic N) is 4. The van der Waals surface area contributed by atoms with Crippen LogP contribution in [0.2, 0.25) is 5.02 Å². The normalized spacial score (nSPS) is 22.5. The zero-order chi connectivity index (χ0) is 34.3. The molecule has 1 aromatic heterocycles. The largest absolute Gasteiger partial charge is 0.339 e. The number of hydrogen-bond donors (Lipinski definition) is 1. The average Bonchev–Trinajstić information content (AvgIpc) is 3.56. The molecule has 0 aliphatic carbocycles. The number of benzene rings is 3. The summed E-state index contributed by atoms with van der Waals surface area (Å²) in [6.07, 6.45) is 8.22. The molecule has 3 fully saturated rings. The van der Waals surface area contributed by atoms with Gasteiger partial charge in [-0.1, -0.05) is 60.5 Å². The second-order valence-electron chi connectivity index (χ2n) is 14.5. The fourth-order valence-electron chi connectivity index (χ4n) is 8.91. The van der Waals surface area contributed by atoms with Crippen molar-refractivity contribution in [3.63, 3.8) is 0 Å². The summed E-state index contributed by atoms with van der Waals surface area (Å²) in [5.74, 6) is 0.902. The summed E-state index contributed by atoms with van der Waals surface area (Å²) >= 11 is 6.51. The van der Waals surface area contributed by atoms with Crippen LogP contribution in [0.4, 0.5) is 0 Å². The summed E-state index contributed by atoms with van der Waals surface area (Å²) in [5, 5.41) is 0.271. The highest BCUT2D eigenvalue weighted by Crippen LogP contribution is 2.45. The Morgan fingerprint density at radius 2 is 1.69 bits per heavy atom. The molecule has 0 radical (unpaired) electrons. The van der Waals surface area contributed by atoms with E-state index in [1.165, 1.54) is 47.7 Å². The standard InChI is InChI=1S/C39H48ClN5O3S/c1-4-19-41-49(47,48)33-14-15-35(40)34(26-33)38(46)43-20-16-39(17-21-43,29-9-7-8-27(2)23-29)18-22-44-30-12-13-31(44)25-32(24-30)45-28(3)42-36-10-5-6-11-37(36)45/h5-11,14-15,23,26,30-32,41H,4,12-13,16-22,24-25H2,1-3H3/t30-,31+,32?. The van der Waals surface area contributed by atoms with E-state index in [4.69, 9.17) is 16.6 Å². The molecule has 3 saturated heterocycles. The first-order chi connectivity index (χ1) is 23.6. The van der Waals surface area contributed by atoms with E-state index in [2.05, 4.69) is 76.6 Å². The van der Waals surface area contributed by atoms with Crippen LogP contribution in [0, 0.1) is 13.8 Å². The lowest BCUT2D eigenvalue weighted by Gasteiger charge is -2.46. The van der Waals surface area contributed by atoms with Gasteiger partial charge in [0.15, 0.2) is 0 Å². The number of sulfonamides is 1. The molecule has 4 heterocycles. The number of carbonyl (C=O) groups is 1. The van der Waals surface area contributed by atoms with Crippen LogP contribution in [0.1, 0.15) is 91.6 Å². The van der Waals surface area contributed by atoms with Crippen molar-refractivity contribution in [2.45, 2.75) is 101 Å². The van der Waals surface area contributed by atoms with Crippen molar-refractivity contribution in [3.05, 3.63) is 94.3 Å². The number of piperidine rings is 2. The van der Waals surface area contributed by atoms with Crippen molar-refractivity contribution in [2.75, 3.05) is 26.2 Å². The van der Waals surface area contributed by atoms with Gasteiger partial charge in [-0.25, -0.2) is 18.1 Å². The topological polar surface area (TPSA) is 87.5 Å². The van der Waals surface area contributed by atoms with Crippen molar-refractivity contribution in [1.29, 1.82) is 0 Å². The van der Waals surface area contributed by atoms with Crippen LogP contribution in [0.15, 0.2) is 71.6 Å². The van der Waals surface area contributed by atoms with Crippen LogP contribution in [0.3, 0.4) is 0 Å². The average molecular weight is 702 g/mol. The van der Waals surface area contributed by atoms with E-state index in [1.807, 2.05) is 11.8 Å². The molecular formula is C39H48ClN5O3S. The number of aryl methyl sites for hydroxylation is 2. The van der Waals surface area contributed by atoms with E-state index in [0.29, 0.717) is 44.2 Å². The summed E-state index contributed by atoms with van der Waals surface area (Å²) < 4.78 is 30.8. The van der Waals surface area contributed by atoms with Gasteiger partial charge >= 0.3 is 0 Å². The number of nitrogens with one attached hydrogen (secondary N) is 1. The van der Waals surface area contributed by atoms with Crippen molar-refractivity contribution < 1.29 is 13.2 Å². The number of halogens is 1. The maximum atomic E-state index is 13.9. The van der Waals surface area contributed by atoms with E-state index >= 15 is 0 Å². The summed E-state index contributed by atoms with van der Waals surface area (Å²) in [6, 6.07) is 23.5. The second kappa shape index (κ2) is 13.8. The molecule has 4 aromatic rings. The third-order valence-corrected chi connectivity index (χ3v) is 13.3. The van der Waals surface area contributed by atoms with Gasteiger partial charge in [0.05, 0.1) is 26.5 Å². The zero-order valence-electron chi connectivity index (χ0n) is 28.9. The van der Waals surface area contributed by atoms with Gasteiger partial charge < -0.3 is 9.47 Å². The number of amides is 1. The predicted molar refractivity (Wildman–Crippen MR) is 196 cm³/mol. The summed E-state index contributed by atoms with van der Waals surface area (Å²) in [4.78, 5) is 23.5.